The number of alkyl halides is 3. The van der Waals surface area contributed by atoms with E-state index in [0.717, 1.165) is 6.07 Å². The van der Waals surface area contributed by atoms with Gasteiger partial charge in [-0.05, 0) is 17.7 Å². The lowest BCUT2D eigenvalue weighted by atomic mass is 10.0. The van der Waals surface area contributed by atoms with Crippen LogP contribution in [-0.4, -0.2) is 35.1 Å². The molecule has 23 heavy (non-hydrogen) atoms. The monoisotopic (exact) mass is 327 g/mol. The standard InChI is InChI=1S/C15H16F3N3O2/c16-15(17,18)12-3-9(5-19)1-2-10(12)6-21-7-11(4-14(20)23)13(22)8-21/h1-3,11,13,22H,4,6-8H2,(H2,20,23)/t11-,13-/m1/s1. The fourth-order valence-electron chi connectivity index (χ4n) is 2.82. The number of nitriles is 1. The third-order valence-electron chi connectivity index (χ3n) is 3.88. The lowest BCUT2D eigenvalue weighted by Crippen LogP contribution is -2.24. The Morgan fingerprint density at radius 3 is 2.70 bits per heavy atom. The number of aliphatic hydroxyl groups is 1. The van der Waals surface area contributed by atoms with Crippen LogP contribution < -0.4 is 5.73 Å². The number of benzene rings is 1. The van der Waals surface area contributed by atoms with E-state index >= 15 is 0 Å². The van der Waals surface area contributed by atoms with Gasteiger partial charge in [0.25, 0.3) is 0 Å². The van der Waals surface area contributed by atoms with Crippen LogP contribution in [0.4, 0.5) is 13.2 Å². The fraction of sp³-hybridized carbons (Fsp3) is 0.467. The number of hydrogen-bond donors (Lipinski definition) is 2. The van der Waals surface area contributed by atoms with Crippen LogP contribution in [0.1, 0.15) is 23.1 Å². The molecule has 2 rings (SSSR count). The van der Waals surface area contributed by atoms with Crippen LogP contribution >= 0.6 is 0 Å². The summed E-state index contributed by atoms with van der Waals surface area (Å²) in [5.74, 6) is -0.925. The molecule has 3 N–H and O–H groups in total. The number of hydrogen-bond acceptors (Lipinski definition) is 4. The number of halogens is 3. The Morgan fingerprint density at radius 1 is 1.43 bits per heavy atom. The topological polar surface area (TPSA) is 90.4 Å². The minimum absolute atomic E-state index is 0.00281. The summed E-state index contributed by atoms with van der Waals surface area (Å²) in [6.07, 6.45) is -5.36. The smallest absolute Gasteiger partial charge is 0.391 e. The quantitative estimate of drug-likeness (QED) is 0.871. The Hall–Kier alpha value is -2.11. The van der Waals surface area contributed by atoms with E-state index in [2.05, 4.69) is 0 Å². The van der Waals surface area contributed by atoms with Gasteiger partial charge >= 0.3 is 6.18 Å². The summed E-state index contributed by atoms with van der Waals surface area (Å²) in [5.41, 5.74) is 4.21. The molecular formula is C15H16F3N3O2. The number of primary amides is 1. The minimum Gasteiger partial charge on any atom is -0.391 e. The van der Waals surface area contributed by atoms with Gasteiger partial charge in [0, 0.05) is 32.0 Å². The number of carbonyl (C=O) groups is 1. The third-order valence-corrected chi connectivity index (χ3v) is 3.88. The Balaban J connectivity index is 2.18. The van der Waals surface area contributed by atoms with Crippen molar-refractivity contribution in [2.75, 3.05) is 13.1 Å². The number of carbonyl (C=O) groups excluding carboxylic acids is 1. The number of rotatable bonds is 4. The van der Waals surface area contributed by atoms with Gasteiger partial charge in [-0.15, -0.1) is 0 Å². The van der Waals surface area contributed by atoms with Crippen LogP contribution in [0.25, 0.3) is 0 Å². The van der Waals surface area contributed by atoms with Crippen molar-refractivity contribution in [3.8, 4) is 6.07 Å². The van der Waals surface area contributed by atoms with Crippen molar-refractivity contribution in [3.05, 3.63) is 34.9 Å². The molecule has 1 aliphatic heterocycles. The molecule has 0 aromatic heterocycles. The van der Waals surface area contributed by atoms with Gasteiger partial charge in [0.05, 0.1) is 23.3 Å². The largest absolute Gasteiger partial charge is 0.416 e. The number of β-amino-alcohol motifs (C(OH)–C–C–N with tert-alkyl or cyclic N) is 1. The summed E-state index contributed by atoms with van der Waals surface area (Å²) >= 11 is 0. The Labute approximate surface area is 131 Å². The normalized spacial score (nSPS) is 22.0. The maximum Gasteiger partial charge on any atom is 0.416 e. The molecule has 1 aromatic carbocycles. The highest BCUT2D eigenvalue weighted by atomic mass is 19.4. The maximum absolute atomic E-state index is 13.1. The third kappa shape index (κ3) is 4.21. The molecule has 2 atom stereocenters. The number of amides is 1. The molecule has 0 bridgehead atoms. The number of nitrogens with two attached hydrogens (primary N) is 1. The van der Waals surface area contributed by atoms with Crippen LogP contribution in [0, 0.1) is 17.2 Å². The zero-order valence-corrected chi connectivity index (χ0v) is 12.2. The maximum atomic E-state index is 13.1. The number of nitrogens with zero attached hydrogens (tertiary/aromatic N) is 2. The Morgan fingerprint density at radius 2 is 2.13 bits per heavy atom. The van der Waals surface area contributed by atoms with Crippen LogP contribution in [0.2, 0.25) is 0 Å². The number of likely N-dealkylation sites (tertiary alicyclic amines) is 1. The molecule has 0 spiro atoms. The molecule has 0 aliphatic carbocycles. The van der Waals surface area contributed by atoms with E-state index in [9.17, 15) is 23.1 Å². The first-order valence-electron chi connectivity index (χ1n) is 6.99. The molecule has 5 nitrogen and oxygen atoms in total. The molecule has 0 radical (unpaired) electrons. The first kappa shape index (κ1) is 17.2. The van der Waals surface area contributed by atoms with Gasteiger partial charge in [-0.3, -0.25) is 9.69 Å². The molecule has 124 valence electrons. The fourth-order valence-corrected chi connectivity index (χ4v) is 2.82. The highest BCUT2D eigenvalue weighted by Crippen LogP contribution is 2.34. The second-order valence-electron chi connectivity index (χ2n) is 5.67. The van der Waals surface area contributed by atoms with E-state index in [1.807, 2.05) is 0 Å². The first-order chi connectivity index (χ1) is 10.7. The molecule has 1 aromatic rings. The zero-order chi connectivity index (χ0) is 17.2. The molecule has 8 heteroatoms. The summed E-state index contributed by atoms with van der Waals surface area (Å²) in [4.78, 5) is 12.6. The van der Waals surface area contributed by atoms with Crippen molar-refractivity contribution < 1.29 is 23.1 Å². The van der Waals surface area contributed by atoms with Crippen molar-refractivity contribution in [2.24, 2.45) is 11.7 Å². The van der Waals surface area contributed by atoms with Gasteiger partial charge < -0.3 is 10.8 Å². The van der Waals surface area contributed by atoms with Gasteiger partial charge in [0.2, 0.25) is 5.91 Å². The molecule has 0 unspecified atom stereocenters. The summed E-state index contributed by atoms with van der Waals surface area (Å²) < 4.78 is 39.4. The second kappa shape index (κ2) is 6.56. The zero-order valence-electron chi connectivity index (χ0n) is 12.2. The van der Waals surface area contributed by atoms with E-state index in [0.29, 0.717) is 6.54 Å². The average Bonchev–Trinajstić information content (AvgIpc) is 2.77. The molecule has 0 saturated carbocycles. The predicted octanol–water partition coefficient (Wildman–Crippen LogP) is 1.25. The van der Waals surface area contributed by atoms with E-state index in [1.165, 1.54) is 12.1 Å². The van der Waals surface area contributed by atoms with Crippen molar-refractivity contribution in [2.45, 2.75) is 25.2 Å². The molecule has 1 saturated heterocycles. The minimum atomic E-state index is -4.56. The highest BCUT2D eigenvalue weighted by Gasteiger charge is 2.36. The predicted molar refractivity (Wildman–Crippen MR) is 74.7 cm³/mol. The van der Waals surface area contributed by atoms with Gasteiger partial charge in [-0.25, -0.2) is 0 Å². The Bertz CT molecular complexity index is 640. The Kier molecular flexibility index (Phi) is 4.92. The van der Waals surface area contributed by atoms with E-state index in [-0.39, 0.29) is 36.6 Å². The van der Waals surface area contributed by atoms with Gasteiger partial charge in [-0.1, -0.05) is 6.07 Å². The van der Waals surface area contributed by atoms with Gasteiger partial charge in [-0.2, -0.15) is 18.4 Å². The summed E-state index contributed by atoms with van der Waals surface area (Å²) in [5, 5.41) is 18.6. The van der Waals surface area contributed by atoms with Gasteiger partial charge in [0.1, 0.15) is 0 Å². The van der Waals surface area contributed by atoms with E-state index < -0.39 is 23.8 Å². The van der Waals surface area contributed by atoms with E-state index in [4.69, 9.17) is 11.0 Å². The summed E-state index contributed by atoms with van der Waals surface area (Å²) in [6.45, 7) is 0.448. The molecule has 1 fully saturated rings. The van der Waals surface area contributed by atoms with Crippen LogP contribution in [0.3, 0.4) is 0 Å². The molecule has 1 heterocycles. The lowest BCUT2D eigenvalue weighted by molar-refractivity contribution is -0.138. The van der Waals surface area contributed by atoms with Crippen LogP contribution in [0.15, 0.2) is 18.2 Å². The molecule has 1 amide bonds. The first-order valence-corrected chi connectivity index (χ1v) is 6.99. The summed E-state index contributed by atoms with van der Waals surface area (Å²) in [6, 6.07) is 5.12. The SMILES string of the molecule is N#Cc1ccc(CN2C[C@@H](CC(N)=O)[C@H](O)C2)c(C(F)(F)F)c1. The van der Waals surface area contributed by atoms with Crippen molar-refractivity contribution in [3.63, 3.8) is 0 Å². The van der Waals surface area contributed by atoms with Crippen LogP contribution in [-0.2, 0) is 17.5 Å². The summed E-state index contributed by atoms with van der Waals surface area (Å²) in [7, 11) is 0. The van der Waals surface area contributed by atoms with Crippen LogP contribution in [0.5, 0.6) is 0 Å². The highest BCUT2D eigenvalue weighted by molar-refractivity contribution is 5.74. The van der Waals surface area contributed by atoms with Gasteiger partial charge in [0.15, 0.2) is 0 Å². The number of aliphatic hydroxyl groups excluding tert-OH is 1. The van der Waals surface area contributed by atoms with Crippen molar-refractivity contribution in [1.82, 2.24) is 4.90 Å². The average molecular weight is 327 g/mol. The van der Waals surface area contributed by atoms with E-state index in [1.54, 1.807) is 11.0 Å². The molecular weight excluding hydrogens is 311 g/mol. The second-order valence-corrected chi connectivity index (χ2v) is 5.67. The lowest BCUT2D eigenvalue weighted by Gasteiger charge is -2.19. The van der Waals surface area contributed by atoms with Crippen molar-refractivity contribution in [1.29, 1.82) is 5.26 Å². The molecule has 1 aliphatic rings. The van der Waals surface area contributed by atoms with Crippen molar-refractivity contribution >= 4 is 5.91 Å².